The number of benzene rings is 1. The van der Waals surface area contributed by atoms with Crippen LogP contribution in [0.3, 0.4) is 0 Å². The smallest absolute Gasteiger partial charge is 0.296 e. The Kier molecular flexibility index (Phi) is 5.58. The predicted octanol–water partition coefficient (Wildman–Crippen LogP) is 1.74. The number of aromatic amines is 1. The molecule has 2 aromatic rings. The summed E-state index contributed by atoms with van der Waals surface area (Å²) in [4.78, 5) is 29.5. The minimum Gasteiger partial charge on any atom is -0.378 e. The van der Waals surface area contributed by atoms with Crippen LogP contribution >= 0.6 is 0 Å². The quantitative estimate of drug-likeness (QED) is 0.592. The number of hydrogen-bond acceptors (Lipinski definition) is 4. The number of aromatic nitrogens is 1. The third kappa shape index (κ3) is 4.54. The standard InChI is InChI=1S/C22H28N4O3/c1-13-14(2)24-20-16(21(23)28)7-8-17(19(13)20)26-11-5-6-15(12-26)25-18(27)9-10-22(3,4)29/h7-8,15,24,29H,5-6,11-12H2,1-4H3,(H2,23,28)(H,25,27). The fourth-order valence-electron chi connectivity index (χ4n) is 3.78. The van der Waals surface area contributed by atoms with E-state index in [0.717, 1.165) is 47.2 Å². The van der Waals surface area contributed by atoms with Crippen molar-refractivity contribution in [3.8, 4) is 11.8 Å². The molecule has 7 heteroatoms. The molecule has 154 valence electrons. The number of anilines is 1. The molecule has 0 radical (unpaired) electrons. The summed E-state index contributed by atoms with van der Waals surface area (Å²) in [6.45, 7) is 8.58. The minimum absolute atomic E-state index is 0.0430. The first-order valence-electron chi connectivity index (χ1n) is 9.79. The van der Waals surface area contributed by atoms with Gasteiger partial charge in [0.25, 0.3) is 11.8 Å². The lowest BCUT2D eigenvalue weighted by molar-refractivity contribution is -0.116. The predicted molar refractivity (Wildman–Crippen MR) is 114 cm³/mol. The highest BCUT2D eigenvalue weighted by atomic mass is 16.3. The van der Waals surface area contributed by atoms with E-state index in [4.69, 9.17) is 5.73 Å². The van der Waals surface area contributed by atoms with Crippen molar-refractivity contribution in [2.75, 3.05) is 18.0 Å². The summed E-state index contributed by atoms with van der Waals surface area (Å²) in [6.07, 6.45) is 1.78. The first kappa shape index (κ1) is 20.7. The van der Waals surface area contributed by atoms with Gasteiger partial charge in [-0.05, 0) is 64.2 Å². The van der Waals surface area contributed by atoms with Gasteiger partial charge in [0.1, 0.15) is 5.60 Å². The van der Waals surface area contributed by atoms with E-state index in [0.29, 0.717) is 12.1 Å². The highest BCUT2D eigenvalue weighted by Gasteiger charge is 2.25. The number of carbonyl (C=O) groups excluding carboxylic acids is 2. The highest BCUT2D eigenvalue weighted by Crippen LogP contribution is 2.35. The Labute approximate surface area is 170 Å². The van der Waals surface area contributed by atoms with Gasteiger partial charge in [-0.1, -0.05) is 5.92 Å². The molecule has 1 fully saturated rings. The normalized spacial score (nSPS) is 17.0. The summed E-state index contributed by atoms with van der Waals surface area (Å²) >= 11 is 0. The Bertz CT molecular complexity index is 1020. The Balaban J connectivity index is 1.87. The molecule has 0 aliphatic carbocycles. The van der Waals surface area contributed by atoms with Gasteiger partial charge in [0.05, 0.1) is 11.1 Å². The molecule has 0 spiro atoms. The number of carbonyl (C=O) groups is 2. The molecule has 1 aliphatic rings. The van der Waals surface area contributed by atoms with Crippen LogP contribution in [-0.2, 0) is 4.79 Å². The van der Waals surface area contributed by atoms with Crippen LogP contribution in [0.4, 0.5) is 5.69 Å². The molecular formula is C22H28N4O3. The lowest BCUT2D eigenvalue weighted by Gasteiger charge is -2.35. The third-order valence-corrected chi connectivity index (χ3v) is 5.28. The van der Waals surface area contributed by atoms with E-state index in [9.17, 15) is 14.7 Å². The summed E-state index contributed by atoms with van der Waals surface area (Å²) in [5.74, 6) is 4.15. The molecule has 2 heterocycles. The molecule has 1 aromatic heterocycles. The molecule has 1 aromatic carbocycles. The minimum atomic E-state index is -1.20. The first-order valence-corrected chi connectivity index (χ1v) is 9.79. The largest absolute Gasteiger partial charge is 0.378 e. The fourth-order valence-corrected chi connectivity index (χ4v) is 3.78. The number of piperidine rings is 1. The number of amides is 2. The van der Waals surface area contributed by atoms with E-state index in [2.05, 4.69) is 27.0 Å². The van der Waals surface area contributed by atoms with Crippen molar-refractivity contribution in [1.82, 2.24) is 10.3 Å². The molecule has 0 bridgehead atoms. The van der Waals surface area contributed by atoms with E-state index < -0.39 is 11.5 Å². The summed E-state index contributed by atoms with van der Waals surface area (Å²) in [5.41, 5.74) is 8.69. The summed E-state index contributed by atoms with van der Waals surface area (Å²) in [7, 11) is 0. The zero-order valence-corrected chi connectivity index (χ0v) is 17.3. The van der Waals surface area contributed by atoms with Crippen molar-refractivity contribution in [1.29, 1.82) is 0 Å². The topological polar surface area (TPSA) is 111 Å². The maximum absolute atomic E-state index is 12.1. The number of nitrogens with zero attached hydrogens (tertiary/aromatic N) is 1. The van der Waals surface area contributed by atoms with Crippen molar-refractivity contribution < 1.29 is 14.7 Å². The van der Waals surface area contributed by atoms with Gasteiger partial charge >= 0.3 is 0 Å². The maximum atomic E-state index is 12.1. The number of aliphatic hydroxyl groups is 1. The van der Waals surface area contributed by atoms with Crippen molar-refractivity contribution >= 4 is 28.4 Å². The average Bonchev–Trinajstić information content (AvgIpc) is 2.94. The number of hydrogen-bond donors (Lipinski definition) is 4. The van der Waals surface area contributed by atoms with Gasteiger partial charge in [0.15, 0.2) is 0 Å². The SMILES string of the molecule is Cc1[nH]c2c(C(N)=O)ccc(N3CCCC(NC(=O)C#CC(C)(C)O)C3)c2c1C. The lowest BCUT2D eigenvalue weighted by Crippen LogP contribution is -2.47. The Hall–Kier alpha value is -2.98. The molecule has 29 heavy (non-hydrogen) atoms. The van der Waals surface area contributed by atoms with Crippen LogP contribution in [0, 0.1) is 25.7 Å². The number of nitrogens with one attached hydrogen (secondary N) is 2. The second-order valence-corrected chi connectivity index (χ2v) is 8.19. The maximum Gasteiger partial charge on any atom is 0.296 e. The molecule has 7 nitrogen and oxygen atoms in total. The van der Waals surface area contributed by atoms with Gasteiger partial charge in [-0.3, -0.25) is 9.59 Å². The van der Waals surface area contributed by atoms with Crippen molar-refractivity contribution in [3.05, 3.63) is 29.0 Å². The van der Waals surface area contributed by atoms with Gasteiger partial charge in [-0.15, -0.1) is 0 Å². The molecule has 3 rings (SSSR count). The van der Waals surface area contributed by atoms with Crippen LogP contribution in [0.15, 0.2) is 12.1 Å². The molecule has 0 saturated carbocycles. The van der Waals surface area contributed by atoms with Crippen molar-refractivity contribution in [2.45, 2.75) is 52.2 Å². The van der Waals surface area contributed by atoms with Gasteiger partial charge < -0.3 is 26.0 Å². The number of fused-ring (bicyclic) bond motifs is 1. The molecule has 5 N–H and O–H groups in total. The third-order valence-electron chi connectivity index (χ3n) is 5.28. The summed E-state index contributed by atoms with van der Waals surface area (Å²) < 4.78 is 0. The molecule has 2 amide bonds. The van der Waals surface area contributed by atoms with Crippen LogP contribution < -0.4 is 16.0 Å². The zero-order valence-electron chi connectivity index (χ0n) is 17.3. The number of nitrogens with two attached hydrogens (primary N) is 1. The Morgan fingerprint density at radius 2 is 2.07 bits per heavy atom. The second-order valence-electron chi connectivity index (χ2n) is 8.19. The average molecular weight is 396 g/mol. The lowest BCUT2D eigenvalue weighted by atomic mass is 10.0. The van der Waals surface area contributed by atoms with E-state index in [1.54, 1.807) is 6.07 Å². The molecule has 1 unspecified atom stereocenters. The van der Waals surface area contributed by atoms with E-state index in [1.165, 1.54) is 13.8 Å². The fraction of sp³-hybridized carbons (Fsp3) is 0.455. The molecule has 1 aliphatic heterocycles. The second kappa shape index (κ2) is 7.80. The number of rotatable bonds is 3. The Morgan fingerprint density at radius 1 is 1.34 bits per heavy atom. The monoisotopic (exact) mass is 396 g/mol. The number of H-pyrrole nitrogens is 1. The summed E-state index contributed by atoms with van der Waals surface area (Å²) in [5, 5.41) is 13.6. The van der Waals surface area contributed by atoms with E-state index >= 15 is 0 Å². The van der Waals surface area contributed by atoms with Crippen molar-refractivity contribution in [2.24, 2.45) is 5.73 Å². The van der Waals surface area contributed by atoms with Crippen molar-refractivity contribution in [3.63, 3.8) is 0 Å². The molecular weight excluding hydrogens is 368 g/mol. The van der Waals surface area contributed by atoms with Gasteiger partial charge in [0.2, 0.25) is 0 Å². The van der Waals surface area contributed by atoms with E-state index in [1.807, 2.05) is 19.9 Å². The van der Waals surface area contributed by atoms with Gasteiger partial charge in [0, 0.05) is 35.9 Å². The molecule has 1 atom stereocenters. The number of primary amides is 1. The van der Waals surface area contributed by atoms with Crippen LogP contribution in [0.1, 0.15) is 48.3 Å². The van der Waals surface area contributed by atoms with Gasteiger partial charge in [-0.2, -0.15) is 0 Å². The van der Waals surface area contributed by atoms with Crippen LogP contribution in [0.2, 0.25) is 0 Å². The number of aryl methyl sites for hydroxylation is 2. The first-order chi connectivity index (χ1) is 13.6. The van der Waals surface area contributed by atoms with Crippen LogP contribution in [0.25, 0.3) is 10.9 Å². The van der Waals surface area contributed by atoms with E-state index in [-0.39, 0.29) is 11.9 Å². The van der Waals surface area contributed by atoms with Gasteiger partial charge in [-0.25, -0.2) is 0 Å². The highest BCUT2D eigenvalue weighted by molar-refractivity contribution is 6.10. The Morgan fingerprint density at radius 3 is 2.72 bits per heavy atom. The molecule has 1 saturated heterocycles. The van der Waals surface area contributed by atoms with Crippen LogP contribution in [0.5, 0.6) is 0 Å². The zero-order chi connectivity index (χ0) is 21.3. The van der Waals surface area contributed by atoms with Crippen LogP contribution in [-0.4, -0.2) is 46.6 Å². The summed E-state index contributed by atoms with van der Waals surface area (Å²) in [6, 6.07) is 3.64.